The molecule has 2 rings (SSSR count). The minimum absolute atomic E-state index is 0.249. The van der Waals surface area contributed by atoms with Gasteiger partial charge in [-0.15, -0.1) is 0 Å². The fraction of sp³-hybridized carbons (Fsp3) is 0.167. The van der Waals surface area contributed by atoms with Crippen LogP contribution >= 0.6 is 15.9 Å². The summed E-state index contributed by atoms with van der Waals surface area (Å²) in [6.07, 6.45) is 3.26. The van der Waals surface area contributed by atoms with E-state index in [-0.39, 0.29) is 11.5 Å². The molecule has 1 heterocycles. The molecule has 0 unspecified atom stereocenters. The molecular weight excluding hydrogens is 301 g/mol. The third-order valence-electron chi connectivity index (χ3n) is 2.39. The van der Waals surface area contributed by atoms with Crippen molar-refractivity contribution in [2.45, 2.75) is 13.5 Å². The van der Waals surface area contributed by atoms with Crippen LogP contribution in [-0.2, 0) is 6.54 Å². The molecule has 0 spiro atoms. The van der Waals surface area contributed by atoms with Crippen LogP contribution in [0.25, 0.3) is 0 Å². The fourth-order valence-corrected chi connectivity index (χ4v) is 1.90. The molecule has 0 saturated heterocycles. The Morgan fingerprint density at radius 3 is 3.00 bits per heavy atom. The lowest BCUT2D eigenvalue weighted by molar-refractivity contribution is 0.102. The van der Waals surface area contributed by atoms with Gasteiger partial charge in [-0.05, 0) is 41.1 Å². The molecule has 0 fully saturated rings. The van der Waals surface area contributed by atoms with Crippen molar-refractivity contribution < 1.29 is 9.18 Å². The number of nitrogens with one attached hydrogen (secondary N) is 1. The second-order valence-corrected chi connectivity index (χ2v) is 4.52. The number of hydrogen-bond donors (Lipinski definition) is 1. The van der Waals surface area contributed by atoms with Gasteiger partial charge in [0.1, 0.15) is 5.82 Å². The van der Waals surface area contributed by atoms with Crippen LogP contribution in [0.15, 0.2) is 35.1 Å². The minimum atomic E-state index is -0.451. The van der Waals surface area contributed by atoms with E-state index in [9.17, 15) is 9.18 Å². The highest BCUT2D eigenvalue weighted by atomic mass is 79.9. The van der Waals surface area contributed by atoms with Gasteiger partial charge in [-0.25, -0.2) is 4.39 Å². The monoisotopic (exact) mass is 311 g/mol. The number of nitrogens with zero attached hydrogens (tertiary/aromatic N) is 2. The first-order valence-electron chi connectivity index (χ1n) is 5.39. The molecule has 94 valence electrons. The van der Waals surface area contributed by atoms with Crippen molar-refractivity contribution in [2.75, 3.05) is 5.32 Å². The lowest BCUT2D eigenvalue weighted by Crippen LogP contribution is -2.12. The van der Waals surface area contributed by atoms with Gasteiger partial charge in [0.25, 0.3) is 5.91 Å². The Balaban J connectivity index is 2.19. The van der Waals surface area contributed by atoms with E-state index in [2.05, 4.69) is 26.3 Å². The number of rotatable bonds is 3. The van der Waals surface area contributed by atoms with Crippen LogP contribution in [0.1, 0.15) is 17.3 Å². The number of carbonyl (C=O) groups is 1. The summed E-state index contributed by atoms with van der Waals surface area (Å²) in [6, 6.07) is 3.97. The van der Waals surface area contributed by atoms with Gasteiger partial charge in [0.05, 0.1) is 17.4 Å². The van der Waals surface area contributed by atoms with Crippen molar-refractivity contribution in [1.82, 2.24) is 9.78 Å². The van der Waals surface area contributed by atoms with E-state index in [0.29, 0.717) is 10.2 Å². The van der Waals surface area contributed by atoms with E-state index < -0.39 is 5.82 Å². The first-order chi connectivity index (χ1) is 8.60. The van der Waals surface area contributed by atoms with E-state index in [1.165, 1.54) is 18.2 Å². The molecule has 18 heavy (non-hydrogen) atoms. The summed E-state index contributed by atoms with van der Waals surface area (Å²) in [5.74, 6) is -0.829. The molecule has 0 bridgehead atoms. The van der Waals surface area contributed by atoms with Gasteiger partial charge in [0.15, 0.2) is 0 Å². The average Bonchev–Trinajstić information content (AvgIpc) is 2.80. The average molecular weight is 312 g/mol. The molecule has 1 aromatic carbocycles. The Kier molecular flexibility index (Phi) is 3.76. The summed E-state index contributed by atoms with van der Waals surface area (Å²) in [4.78, 5) is 11.9. The smallest absolute Gasteiger partial charge is 0.256 e. The minimum Gasteiger partial charge on any atom is -0.319 e. The highest BCUT2D eigenvalue weighted by molar-refractivity contribution is 9.10. The maximum Gasteiger partial charge on any atom is 0.256 e. The van der Waals surface area contributed by atoms with Crippen LogP contribution in [0.5, 0.6) is 0 Å². The van der Waals surface area contributed by atoms with Crippen molar-refractivity contribution in [3.63, 3.8) is 0 Å². The first kappa shape index (κ1) is 12.8. The number of hydrogen-bond acceptors (Lipinski definition) is 2. The number of benzene rings is 1. The van der Waals surface area contributed by atoms with Gasteiger partial charge in [-0.1, -0.05) is 0 Å². The van der Waals surface area contributed by atoms with Crippen molar-refractivity contribution in [1.29, 1.82) is 0 Å². The maximum absolute atomic E-state index is 13.1. The predicted molar refractivity (Wildman–Crippen MR) is 70.0 cm³/mol. The molecule has 0 radical (unpaired) electrons. The van der Waals surface area contributed by atoms with Crippen LogP contribution in [-0.4, -0.2) is 15.7 Å². The van der Waals surface area contributed by atoms with E-state index in [0.717, 1.165) is 6.54 Å². The maximum atomic E-state index is 13.1. The Morgan fingerprint density at radius 2 is 2.33 bits per heavy atom. The number of aromatic nitrogens is 2. The second kappa shape index (κ2) is 5.30. The Hall–Kier alpha value is -1.69. The number of aryl methyl sites for hydroxylation is 1. The van der Waals surface area contributed by atoms with Crippen LogP contribution < -0.4 is 5.32 Å². The molecule has 0 saturated carbocycles. The lowest BCUT2D eigenvalue weighted by Gasteiger charge is -2.04. The number of amides is 1. The number of halogens is 2. The zero-order valence-electron chi connectivity index (χ0n) is 9.65. The van der Waals surface area contributed by atoms with Crippen molar-refractivity contribution in [3.8, 4) is 0 Å². The molecule has 0 aliphatic heterocycles. The Labute approximate surface area is 112 Å². The Bertz CT molecular complexity index is 582. The SMILES string of the molecule is CCn1cc(NC(=O)c2cc(F)ccc2Br)cn1. The third-order valence-corrected chi connectivity index (χ3v) is 3.08. The molecule has 2 aromatic rings. The standard InChI is InChI=1S/C12H11BrFN3O/c1-2-17-7-9(6-15-17)16-12(18)10-5-8(14)3-4-11(10)13/h3-7H,2H2,1H3,(H,16,18). The van der Waals surface area contributed by atoms with E-state index in [1.807, 2.05) is 6.92 Å². The van der Waals surface area contributed by atoms with E-state index >= 15 is 0 Å². The molecule has 1 N–H and O–H groups in total. The number of anilines is 1. The molecule has 1 aromatic heterocycles. The molecular formula is C12H11BrFN3O. The number of carbonyl (C=O) groups excluding carboxylic acids is 1. The van der Waals surface area contributed by atoms with Crippen LogP contribution in [0.4, 0.5) is 10.1 Å². The van der Waals surface area contributed by atoms with Crippen LogP contribution in [0.2, 0.25) is 0 Å². The summed E-state index contributed by atoms with van der Waals surface area (Å²) >= 11 is 3.21. The van der Waals surface area contributed by atoms with Gasteiger partial charge < -0.3 is 5.32 Å². The zero-order chi connectivity index (χ0) is 13.1. The van der Waals surface area contributed by atoms with E-state index in [1.54, 1.807) is 17.1 Å². The zero-order valence-corrected chi connectivity index (χ0v) is 11.2. The topological polar surface area (TPSA) is 46.9 Å². The van der Waals surface area contributed by atoms with Crippen LogP contribution in [0.3, 0.4) is 0 Å². The molecule has 0 atom stereocenters. The molecule has 0 aliphatic carbocycles. The fourth-order valence-electron chi connectivity index (χ4n) is 1.47. The van der Waals surface area contributed by atoms with Gasteiger partial charge in [0, 0.05) is 17.2 Å². The van der Waals surface area contributed by atoms with Gasteiger partial charge in [-0.2, -0.15) is 5.10 Å². The highest BCUT2D eigenvalue weighted by Gasteiger charge is 2.12. The molecule has 6 heteroatoms. The quantitative estimate of drug-likeness (QED) is 0.947. The molecule has 4 nitrogen and oxygen atoms in total. The first-order valence-corrected chi connectivity index (χ1v) is 6.18. The second-order valence-electron chi connectivity index (χ2n) is 3.66. The van der Waals surface area contributed by atoms with Gasteiger partial charge >= 0.3 is 0 Å². The molecule has 1 amide bonds. The van der Waals surface area contributed by atoms with Crippen molar-refractivity contribution >= 4 is 27.5 Å². The summed E-state index contributed by atoms with van der Waals surface area (Å²) < 4.78 is 15.3. The summed E-state index contributed by atoms with van der Waals surface area (Å²) in [5.41, 5.74) is 0.831. The third kappa shape index (κ3) is 2.76. The van der Waals surface area contributed by atoms with Crippen molar-refractivity contribution in [3.05, 3.63) is 46.4 Å². The Morgan fingerprint density at radius 1 is 1.56 bits per heavy atom. The lowest BCUT2D eigenvalue weighted by atomic mass is 10.2. The summed E-state index contributed by atoms with van der Waals surface area (Å²) in [5, 5.41) is 6.70. The normalized spacial score (nSPS) is 10.4. The van der Waals surface area contributed by atoms with Crippen LogP contribution in [0, 0.1) is 5.82 Å². The molecule has 0 aliphatic rings. The van der Waals surface area contributed by atoms with E-state index in [4.69, 9.17) is 0 Å². The van der Waals surface area contributed by atoms with Gasteiger partial charge in [-0.3, -0.25) is 9.48 Å². The van der Waals surface area contributed by atoms with Crippen molar-refractivity contribution in [2.24, 2.45) is 0 Å². The van der Waals surface area contributed by atoms with Gasteiger partial charge in [0.2, 0.25) is 0 Å². The highest BCUT2D eigenvalue weighted by Crippen LogP contribution is 2.19. The summed E-state index contributed by atoms with van der Waals surface area (Å²) in [6.45, 7) is 2.67. The summed E-state index contributed by atoms with van der Waals surface area (Å²) in [7, 11) is 0. The predicted octanol–water partition coefficient (Wildman–Crippen LogP) is 3.06. The largest absolute Gasteiger partial charge is 0.319 e.